The Morgan fingerprint density at radius 1 is 0.844 bits per heavy atom. The minimum atomic E-state index is -3.85. The van der Waals surface area contributed by atoms with Crippen LogP contribution in [0.3, 0.4) is 0 Å². The maximum absolute atomic E-state index is 12.5. The van der Waals surface area contributed by atoms with Crippen LogP contribution in [0.2, 0.25) is 0 Å². The predicted molar refractivity (Wildman–Crippen MR) is 124 cm³/mol. The topological polar surface area (TPSA) is 109 Å². The summed E-state index contributed by atoms with van der Waals surface area (Å²) in [5.74, 6) is -0.518. The summed E-state index contributed by atoms with van der Waals surface area (Å²) in [6.07, 6.45) is 0.263. The van der Waals surface area contributed by atoms with Crippen LogP contribution in [0.15, 0.2) is 83.8 Å². The van der Waals surface area contributed by atoms with Crippen molar-refractivity contribution in [2.45, 2.75) is 17.4 Å². The summed E-state index contributed by atoms with van der Waals surface area (Å²) in [4.78, 5) is 12.5. The summed E-state index contributed by atoms with van der Waals surface area (Å²) in [7, 11) is -7.04. The van der Waals surface area contributed by atoms with E-state index in [1.165, 1.54) is 24.3 Å². The average molecular weight is 471 g/mol. The zero-order valence-electron chi connectivity index (χ0n) is 17.1. The summed E-state index contributed by atoms with van der Waals surface area (Å²) in [5, 5.41) is 2.75. The van der Waals surface area contributed by atoms with E-state index in [-0.39, 0.29) is 28.7 Å². The first kappa shape index (κ1) is 22.2. The maximum atomic E-state index is 12.5. The van der Waals surface area contributed by atoms with Crippen molar-refractivity contribution in [1.29, 1.82) is 0 Å². The van der Waals surface area contributed by atoms with Gasteiger partial charge in [-0.2, -0.15) is 0 Å². The number of sulfone groups is 1. The lowest BCUT2D eigenvalue weighted by molar-refractivity contribution is 0.102. The molecule has 32 heavy (non-hydrogen) atoms. The van der Waals surface area contributed by atoms with Crippen LogP contribution in [0.4, 0.5) is 5.69 Å². The molecule has 166 valence electrons. The Balaban J connectivity index is 1.40. The lowest BCUT2D eigenvalue weighted by atomic mass is 10.0. The van der Waals surface area contributed by atoms with Crippen molar-refractivity contribution in [3.63, 3.8) is 0 Å². The largest absolute Gasteiger partial charge is 0.322 e. The van der Waals surface area contributed by atoms with Gasteiger partial charge in [-0.15, -0.1) is 0 Å². The molecule has 0 bridgehead atoms. The first-order valence-corrected chi connectivity index (χ1v) is 13.3. The SMILES string of the molecule is O=C(Nc1ccc(S(=O)(=O)NC2CCS(=O)(=O)C2)cc1)c1ccc(-c2ccccc2)cc1. The lowest BCUT2D eigenvalue weighted by Gasteiger charge is -2.12. The van der Waals surface area contributed by atoms with Gasteiger partial charge < -0.3 is 5.32 Å². The molecular weight excluding hydrogens is 448 g/mol. The van der Waals surface area contributed by atoms with E-state index in [2.05, 4.69) is 10.0 Å². The van der Waals surface area contributed by atoms with Crippen molar-refractivity contribution in [3.05, 3.63) is 84.4 Å². The van der Waals surface area contributed by atoms with Crippen LogP contribution in [-0.4, -0.2) is 40.3 Å². The summed E-state index contributed by atoms with van der Waals surface area (Å²) in [5.41, 5.74) is 2.98. The van der Waals surface area contributed by atoms with Gasteiger partial charge in [0.1, 0.15) is 0 Å². The monoisotopic (exact) mass is 470 g/mol. The molecule has 7 nitrogen and oxygen atoms in total. The van der Waals surface area contributed by atoms with Gasteiger partial charge in [0.25, 0.3) is 5.91 Å². The molecule has 1 saturated heterocycles. The van der Waals surface area contributed by atoms with Crippen molar-refractivity contribution in [3.8, 4) is 11.1 Å². The summed E-state index contributed by atoms with van der Waals surface area (Å²) in [6, 6.07) is 22.1. The molecule has 0 radical (unpaired) electrons. The van der Waals surface area contributed by atoms with Crippen molar-refractivity contribution in [2.24, 2.45) is 0 Å². The highest BCUT2D eigenvalue weighted by molar-refractivity contribution is 7.92. The molecule has 1 aliphatic rings. The third kappa shape index (κ3) is 5.24. The van der Waals surface area contributed by atoms with E-state index >= 15 is 0 Å². The van der Waals surface area contributed by atoms with E-state index in [0.717, 1.165) is 11.1 Å². The number of sulfonamides is 1. The molecule has 2 N–H and O–H groups in total. The first-order chi connectivity index (χ1) is 15.2. The number of rotatable bonds is 6. The minimum Gasteiger partial charge on any atom is -0.322 e. The Morgan fingerprint density at radius 3 is 2.06 bits per heavy atom. The molecule has 1 unspecified atom stereocenters. The van der Waals surface area contributed by atoms with E-state index in [4.69, 9.17) is 0 Å². The second kappa shape index (κ2) is 8.85. The Kier molecular flexibility index (Phi) is 6.14. The van der Waals surface area contributed by atoms with Crippen LogP contribution in [0.1, 0.15) is 16.8 Å². The lowest BCUT2D eigenvalue weighted by Crippen LogP contribution is -2.35. The number of benzene rings is 3. The molecule has 4 rings (SSSR count). The van der Waals surface area contributed by atoms with Crippen LogP contribution in [0.5, 0.6) is 0 Å². The van der Waals surface area contributed by atoms with Gasteiger partial charge in [0, 0.05) is 17.3 Å². The second-order valence-electron chi connectivity index (χ2n) is 7.64. The second-order valence-corrected chi connectivity index (χ2v) is 11.6. The molecule has 1 heterocycles. The minimum absolute atomic E-state index is 0.00649. The summed E-state index contributed by atoms with van der Waals surface area (Å²) < 4.78 is 50.5. The van der Waals surface area contributed by atoms with E-state index in [0.29, 0.717) is 11.3 Å². The van der Waals surface area contributed by atoms with Crippen LogP contribution < -0.4 is 10.0 Å². The molecule has 1 atom stereocenters. The van der Waals surface area contributed by atoms with Gasteiger partial charge in [-0.25, -0.2) is 21.6 Å². The third-order valence-electron chi connectivity index (χ3n) is 5.23. The normalized spacial score (nSPS) is 17.7. The predicted octanol–water partition coefficient (Wildman–Crippen LogP) is 3.07. The molecule has 3 aromatic rings. The van der Waals surface area contributed by atoms with Gasteiger partial charge in [-0.3, -0.25) is 4.79 Å². The fourth-order valence-corrected chi connectivity index (χ4v) is 6.59. The van der Waals surface area contributed by atoms with Crippen LogP contribution in [0, 0.1) is 0 Å². The maximum Gasteiger partial charge on any atom is 0.255 e. The molecule has 0 aliphatic carbocycles. The third-order valence-corrected chi connectivity index (χ3v) is 8.54. The van der Waals surface area contributed by atoms with Crippen molar-refractivity contribution in [1.82, 2.24) is 4.72 Å². The summed E-state index contributed by atoms with van der Waals surface area (Å²) in [6.45, 7) is 0. The number of nitrogens with one attached hydrogen (secondary N) is 2. The fourth-order valence-electron chi connectivity index (χ4n) is 3.54. The number of hydrogen-bond donors (Lipinski definition) is 2. The molecule has 0 aromatic heterocycles. The quantitative estimate of drug-likeness (QED) is 0.575. The molecule has 1 aliphatic heterocycles. The molecular formula is C23H22N2O5S2. The average Bonchev–Trinajstić information content (AvgIpc) is 3.12. The zero-order valence-corrected chi connectivity index (χ0v) is 18.7. The summed E-state index contributed by atoms with van der Waals surface area (Å²) >= 11 is 0. The van der Waals surface area contributed by atoms with Crippen LogP contribution >= 0.6 is 0 Å². The molecule has 9 heteroatoms. The smallest absolute Gasteiger partial charge is 0.255 e. The molecule has 3 aromatic carbocycles. The van der Waals surface area contributed by atoms with Gasteiger partial charge in [0.05, 0.1) is 16.4 Å². The van der Waals surface area contributed by atoms with Crippen molar-refractivity contribution >= 4 is 31.5 Å². The van der Waals surface area contributed by atoms with E-state index in [1.54, 1.807) is 12.1 Å². The highest BCUT2D eigenvalue weighted by atomic mass is 32.2. The molecule has 0 spiro atoms. The van der Waals surface area contributed by atoms with E-state index in [1.807, 2.05) is 42.5 Å². The number of carbonyl (C=O) groups excluding carboxylic acids is 1. The number of carbonyl (C=O) groups is 1. The first-order valence-electron chi connectivity index (χ1n) is 10.0. The number of hydrogen-bond acceptors (Lipinski definition) is 5. The Morgan fingerprint density at radius 2 is 1.47 bits per heavy atom. The molecule has 1 amide bonds. The fraction of sp³-hybridized carbons (Fsp3) is 0.174. The van der Waals surface area contributed by atoms with Gasteiger partial charge in [0.15, 0.2) is 9.84 Å². The molecule has 0 saturated carbocycles. The highest BCUT2D eigenvalue weighted by Gasteiger charge is 2.31. The van der Waals surface area contributed by atoms with Crippen molar-refractivity contribution in [2.75, 3.05) is 16.8 Å². The molecule has 1 fully saturated rings. The van der Waals surface area contributed by atoms with Crippen molar-refractivity contribution < 1.29 is 21.6 Å². The van der Waals surface area contributed by atoms with Gasteiger partial charge in [0.2, 0.25) is 10.0 Å². The number of anilines is 1. The highest BCUT2D eigenvalue weighted by Crippen LogP contribution is 2.21. The van der Waals surface area contributed by atoms with Crippen LogP contribution in [0.25, 0.3) is 11.1 Å². The van der Waals surface area contributed by atoms with E-state index in [9.17, 15) is 21.6 Å². The standard InChI is InChI=1S/C23H22N2O5S2/c26-23(19-8-6-18(7-9-19)17-4-2-1-3-5-17)24-20-10-12-22(13-11-20)32(29,30)25-21-14-15-31(27,28)16-21/h1-13,21,25H,14-16H2,(H,24,26). The Bertz CT molecular complexity index is 1320. The van der Waals surface area contributed by atoms with Crippen LogP contribution in [-0.2, 0) is 19.9 Å². The van der Waals surface area contributed by atoms with Gasteiger partial charge in [-0.05, 0) is 53.9 Å². The Labute approximate surface area is 187 Å². The number of amides is 1. The van der Waals surface area contributed by atoms with Gasteiger partial charge in [-0.1, -0.05) is 42.5 Å². The van der Waals surface area contributed by atoms with E-state index < -0.39 is 25.9 Å². The zero-order chi connectivity index (χ0) is 22.8. The Hall–Kier alpha value is -3.01. The van der Waals surface area contributed by atoms with Gasteiger partial charge >= 0.3 is 0 Å².